The number of hydrogen-bond acceptors (Lipinski definition) is 6. The van der Waals surface area contributed by atoms with Crippen molar-refractivity contribution >= 4 is 17.6 Å². The molecule has 7 nitrogen and oxygen atoms in total. The lowest BCUT2D eigenvalue weighted by atomic mass is 10.3. The summed E-state index contributed by atoms with van der Waals surface area (Å²) in [5.41, 5.74) is 5.98. The number of nitrogens with two attached hydrogens (primary N) is 1. The molecule has 0 aliphatic heterocycles. The van der Waals surface area contributed by atoms with E-state index in [0.29, 0.717) is 5.82 Å². The van der Waals surface area contributed by atoms with Gasteiger partial charge in [0.05, 0.1) is 12.8 Å². The number of pyridine rings is 1. The second-order valence-corrected chi connectivity index (χ2v) is 3.83. The molecule has 2 aromatic rings. The van der Waals surface area contributed by atoms with E-state index in [9.17, 15) is 9.18 Å². The lowest BCUT2D eigenvalue weighted by molar-refractivity contribution is 0.0527. The number of nitrogen functional groups attached to an aromatic ring is 1. The van der Waals surface area contributed by atoms with E-state index in [1.807, 2.05) is 0 Å². The first kappa shape index (κ1) is 13.8. The van der Waals surface area contributed by atoms with Gasteiger partial charge >= 0.3 is 5.97 Å². The van der Waals surface area contributed by atoms with E-state index >= 15 is 0 Å². The fraction of sp³-hybridized carbons (Fsp3) is 0.250. The van der Waals surface area contributed by atoms with Crippen LogP contribution in [-0.4, -0.2) is 34.4 Å². The normalized spacial score (nSPS) is 10.3. The second-order valence-electron chi connectivity index (χ2n) is 3.83. The molecular weight excluding hydrogens is 265 g/mol. The first-order valence-corrected chi connectivity index (χ1v) is 5.93. The fourth-order valence-electron chi connectivity index (χ4n) is 1.63. The summed E-state index contributed by atoms with van der Waals surface area (Å²) >= 11 is 0. The molecule has 8 heteroatoms. The molecule has 0 spiro atoms. The third kappa shape index (κ3) is 2.40. The van der Waals surface area contributed by atoms with Gasteiger partial charge in [-0.15, -0.1) is 0 Å². The van der Waals surface area contributed by atoms with Crippen molar-refractivity contribution in [2.75, 3.05) is 24.7 Å². The van der Waals surface area contributed by atoms with Crippen LogP contribution in [0.1, 0.15) is 17.3 Å². The van der Waals surface area contributed by atoms with Gasteiger partial charge in [-0.3, -0.25) is 0 Å². The van der Waals surface area contributed by atoms with Crippen LogP contribution in [0.3, 0.4) is 0 Å². The van der Waals surface area contributed by atoms with Gasteiger partial charge < -0.3 is 15.8 Å². The van der Waals surface area contributed by atoms with E-state index in [0.717, 1.165) is 0 Å². The molecule has 106 valence electrons. The van der Waals surface area contributed by atoms with Crippen LogP contribution >= 0.6 is 0 Å². The Hall–Kier alpha value is -2.64. The molecule has 20 heavy (non-hydrogen) atoms. The van der Waals surface area contributed by atoms with Gasteiger partial charge in [0.15, 0.2) is 17.5 Å². The number of carbonyl (C=O) groups excluding carboxylic acids is 1. The standard InChI is InChI=1S/C12H14FN5O2/c1-3-20-12(19)7-6-16-18(10(7)14)9-5-4-8(13)11(15-2)17-9/h4-6H,3,14H2,1-2H3,(H,15,17). The van der Waals surface area contributed by atoms with E-state index in [4.69, 9.17) is 10.5 Å². The molecule has 0 saturated heterocycles. The van der Waals surface area contributed by atoms with Gasteiger partial charge in [0.1, 0.15) is 11.4 Å². The van der Waals surface area contributed by atoms with Crippen LogP contribution in [0.4, 0.5) is 16.0 Å². The molecular formula is C12H14FN5O2. The fourth-order valence-corrected chi connectivity index (χ4v) is 1.63. The summed E-state index contributed by atoms with van der Waals surface area (Å²) in [4.78, 5) is 15.7. The van der Waals surface area contributed by atoms with E-state index < -0.39 is 11.8 Å². The second kappa shape index (κ2) is 5.55. The number of carbonyl (C=O) groups is 1. The Kier molecular flexibility index (Phi) is 3.83. The number of aromatic nitrogens is 3. The average molecular weight is 279 g/mol. The molecule has 2 heterocycles. The van der Waals surface area contributed by atoms with Crippen molar-refractivity contribution < 1.29 is 13.9 Å². The highest BCUT2D eigenvalue weighted by Gasteiger charge is 2.18. The summed E-state index contributed by atoms with van der Waals surface area (Å²) in [5.74, 6) is -0.608. The highest BCUT2D eigenvalue weighted by Crippen LogP contribution is 2.19. The molecule has 2 rings (SSSR count). The van der Waals surface area contributed by atoms with E-state index in [1.165, 1.54) is 23.0 Å². The lowest BCUT2D eigenvalue weighted by Gasteiger charge is -2.07. The van der Waals surface area contributed by atoms with Crippen LogP contribution in [0.15, 0.2) is 18.3 Å². The molecule has 0 radical (unpaired) electrons. The molecule has 0 aliphatic carbocycles. The number of nitrogens with zero attached hydrogens (tertiary/aromatic N) is 3. The molecule has 3 N–H and O–H groups in total. The predicted octanol–water partition coefficient (Wildman–Crippen LogP) is 1.21. The van der Waals surface area contributed by atoms with E-state index in [2.05, 4.69) is 15.4 Å². The smallest absolute Gasteiger partial charge is 0.343 e. The Bertz CT molecular complexity index is 641. The highest BCUT2D eigenvalue weighted by atomic mass is 19.1. The molecule has 0 aliphatic rings. The summed E-state index contributed by atoms with van der Waals surface area (Å²) in [6.45, 7) is 1.93. The maximum Gasteiger partial charge on any atom is 0.343 e. The summed E-state index contributed by atoms with van der Waals surface area (Å²) in [5, 5.41) is 6.59. The maximum atomic E-state index is 13.4. The molecule has 0 saturated carbocycles. The van der Waals surface area contributed by atoms with Crippen LogP contribution in [0.25, 0.3) is 5.82 Å². The van der Waals surface area contributed by atoms with Crippen molar-refractivity contribution in [2.45, 2.75) is 6.92 Å². The number of nitrogens with one attached hydrogen (secondary N) is 1. The molecule has 0 amide bonds. The van der Waals surface area contributed by atoms with Crippen molar-refractivity contribution in [3.8, 4) is 5.82 Å². The Balaban J connectivity index is 2.41. The van der Waals surface area contributed by atoms with Crippen molar-refractivity contribution in [1.29, 1.82) is 0 Å². The third-order valence-corrected chi connectivity index (χ3v) is 2.59. The van der Waals surface area contributed by atoms with Crippen molar-refractivity contribution in [3.05, 3.63) is 29.7 Å². The largest absolute Gasteiger partial charge is 0.462 e. The Morgan fingerprint density at radius 3 is 2.95 bits per heavy atom. The summed E-state index contributed by atoms with van der Waals surface area (Å²) < 4.78 is 19.5. The van der Waals surface area contributed by atoms with Crippen molar-refractivity contribution in [3.63, 3.8) is 0 Å². The molecule has 0 fully saturated rings. The third-order valence-electron chi connectivity index (χ3n) is 2.59. The summed E-state index contributed by atoms with van der Waals surface area (Å²) in [6.07, 6.45) is 1.29. The van der Waals surface area contributed by atoms with Gasteiger partial charge in [-0.1, -0.05) is 0 Å². The number of anilines is 2. The van der Waals surface area contributed by atoms with Crippen LogP contribution in [-0.2, 0) is 4.74 Å². The number of esters is 1. The predicted molar refractivity (Wildman–Crippen MR) is 71.2 cm³/mol. The highest BCUT2D eigenvalue weighted by molar-refractivity contribution is 5.94. The lowest BCUT2D eigenvalue weighted by Crippen LogP contribution is -2.10. The minimum Gasteiger partial charge on any atom is -0.462 e. The Morgan fingerprint density at radius 2 is 2.30 bits per heavy atom. The number of hydrogen-bond donors (Lipinski definition) is 2. The summed E-state index contributed by atoms with van der Waals surface area (Å²) in [7, 11) is 1.55. The monoisotopic (exact) mass is 279 g/mol. The van der Waals surface area contributed by atoms with Gasteiger partial charge in [0, 0.05) is 7.05 Å². The first-order valence-electron chi connectivity index (χ1n) is 5.93. The van der Waals surface area contributed by atoms with Gasteiger partial charge in [-0.2, -0.15) is 9.78 Å². The van der Waals surface area contributed by atoms with Crippen molar-refractivity contribution in [2.24, 2.45) is 0 Å². The summed E-state index contributed by atoms with van der Waals surface area (Å²) in [6, 6.07) is 2.65. The van der Waals surface area contributed by atoms with Crippen LogP contribution in [0.2, 0.25) is 0 Å². The zero-order chi connectivity index (χ0) is 14.7. The minimum atomic E-state index is -0.563. The number of rotatable bonds is 4. The average Bonchev–Trinajstić information content (AvgIpc) is 2.81. The quantitative estimate of drug-likeness (QED) is 0.817. The Morgan fingerprint density at radius 1 is 1.55 bits per heavy atom. The zero-order valence-corrected chi connectivity index (χ0v) is 11.1. The van der Waals surface area contributed by atoms with Crippen LogP contribution in [0, 0.1) is 5.82 Å². The molecule has 0 atom stereocenters. The zero-order valence-electron chi connectivity index (χ0n) is 11.1. The first-order chi connectivity index (χ1) is 9.58. The van der Waals surface area contributed by atoms with Gasteiger partial charge in [-0.25, -0.2) is 14.2 Å². The number of halogens is 1. The topological polar surface area (TPSA) is 95.1 Å². The molecule has 0 aromatic carbocycles. The maximum absolute atomic E-state index is 13.4. The van der Waals surface area contributed by atoms with Crippen LogP contribution < -0.4 is 11.1 Å². The molecule has 0 bridgehead atoms. The number of ether oxygens (including phenoxy) is 1. The Labute approximate surface area is 114 Å². The minimum absolute atomic E-state index is 0.0649. The SMILES string of the molecule is CCOC(=O)c1cnn(-c2ccc(F)c(NC)n2)c1N. The van der Waals surface area contributed by atoms with Crippen molar-refractivity contribution in [1.82, 2.24) is 14.8 Å². The van der Waals surface area contributed by atoms with E-state index in [1.54, 1.807) is 14.0 Å². The van der Waals surface area contributed by atoms with Gasteiger partial charge in [0.25, 0.3) is 0 Å². The molecule has 2 aromatic heterocycles. The molecule has 0 unspecified atom stereocenters. The van der Waals surface area contributed by atoms with Crippen LogP contribution in [0.5, 0.6) is 0 Å². The van der Waals surface area contributed by atoms with Gasteiger partial charge in [-0.05, 0) is 19.1 Å². The van der Waals surface area contributed by atoms with E-state index in [-0.39, 0.29) is 23.8 Å². The van der Waals surface area contributed by atoms with Gasteiger partial charge in [0.2, 0.25) is 0 Å².